The van der Waals surface area contributed by atoms with E-state index in [1.807, 2.05) is 0 Å². The van der Waals surface area contributed by atoms with Crippen LogP contribution in [-0.4, -0.2) is 31.3 Å². The number of hydrogen-bond acceptors (Lipinski definition) is 3. The molecule has 1 atom stereocenters. The second-order valence-electron chi connectivity index (χ2n) is 3.88. The smallest absolute Gasteiger partial charge is 0.230 e. The first-order chi connectivity index (χ1) is 7.77. The molecule has 17 heavy (non-hydrogen) atoms. The average molecular weight is 307 g/mol. The van der Waals surface area contributed by atoms with E-state index in [9.17, 15) is 4.79 Å². The number of ether oxygens (including phenoxy) is 1. The molecule has 0 N–H and O–H groups in total. The SMILES string of the molecule is [B]N1C(=O)CCCC1COCc1cc[c-]o1.[Y]. The van der Waals surface area contributed by atoms with Crippen LogP contribution in [0.4, 0.5) is 0 Å². The van der Waals surface area contributed by atoms with Crippen LogP contribution in [0.5, 0.6) is 0 Å². The zero-order chi connectivity index (χ0) is 11.4. The molecule has 0 aliphatic carbocycles. The Balaban J connectivity index is 0.00000144. The Labute approximate surface area is 127 Å². The minimum Gasteiger partial charge on any atom is -0.593 e. The van der Waals surface area contributed by atoms with Crippen LogP contribution in [0.25, 0.3) is 0 Å². The second kappa shape index (κ2) is 7.34. The van der Waals surface area contributed by atoms with Gasteiger partial charge in [0.25, 0.3) is 0 Å². The molecular weight excluding hydrogens is 294 g/mol. The fraction of sp³-hybridized carbons (Fsp3) is 0.545. The zero-order valence-electron chi connectivity index (χ0n) is 9.59. The van der Waals surface area contributed by atoms with E-state index in [4.69, 9.17) is 17.1 Å². The molecule has 0 aromatic carbocycles. The van der Waals surface area contributed by atoms with E-state index in [1.165, 1.54) is 4.81 Å². The van der Waals surface area contributed by atoms with Crippen LogP contribution in [0.3, 0.4) is 0 Å². The molecule has 6 heteroatoms. The molecule has 1 amide bonds. The standard InChI is InChI=1S/C11H13BNO3.Y/c12-13-9(3-1-5-11(13)14)7-15-8-10-4-2-6-16-10;/h2,4,9H,1,3,5,7-8H2;/q-1;. The molecule has 0 bridgehead atoms. The van der Waals surface area contributed by atoms with Gasteiger partial charge in [0.1, 0.15) is 0 Å². The Morgan fingerprint density at radius 1 is 1.65 bits per heavy atom. The normalized spacial score (nSPS) is 20.1. The van der Waals surface area contributed by atoms with Crippen molar-refractivity contribution >= 4 is 13.9 Å². The molecule has 3 radical (unpaired) electrons. The van der Waals surface area contributed by atoms with Crippen molar-refractivity contribution in [3.8, 4) is 0 Å². The molecule has 1 unspecified atom stereocenters. The van der Waals surface area contributed by atoms with Crippen LogP contribution >= 0.6 is 0 Å². The third-order valence-corrected chi connectivity index (χ3v) is 2.69. The van der Waals surface area contributed by atoms with Gasteiger partial charge in [-0.3, -0.25) is 4.79 Å². The van der Waals surface area contributed by atoms with Crippen molar-refractivity contribution in [2.75, 3.05) is 6.61 Å². The van der Waals surface area contributed by atoms with Crippen molar-refractivity contribution in [2.24, 2.45) is 0 Å². The molecule has 1 aromatic heterocycles. The van der Waals surface area contributed by atoms with Gasteiger partial charge < -0.3 is 14.0 Å². The Bertz CT molecular complexity index is 344. The van der Waals surface area contributed by atoms with Gasteiger partial charge in [0.05, 0.1) is 6.61 Å². The number of furan rings is 1. The van der Waals surface area contributed by atoms with Crippen molar-refractivity contribution in [1.82, 2.24) is 4.81 Å². The Morgan fingerprint density at radius 2 is 2.47 bits per heavy atom. The predicted octanol–water partition coefficient (Wildman–Crippen LogP) is 1.06. The maximum Gasteiger partial charge on any atom is 0.230 e. The van der Waals surface area contributed by atoms with E-state index < -0.39 is 0 Å². The van der Waals surface area contributed by atoms with Gasteiger partial charge in [-0.15, -0.1) is 6.07 Å². The molecule has 1 aromatic rings. The Kier molecular flexibility index (Phi) is 6.45. The summed E-state index contributed by atoms with van der Waals surface area (Å²) in [5.74, 6) is 0.719. The number of carbonyl (C=O) groups is 1. The molecule has 0 spiro atoms. The summed E-state index contributed by atoms with van der Waals surface area (Å²) in [5, 5.41) is 0. The maximum atomic E-state index is 11.3. The molecule has 1 aliphatic rings. The first-order valence-corrected chi connectivity index (χ1v) is 5.36. The fourth-order valence-electron chi connectivity index (χ4n) is 1.77. The van der Waals surface area contributed by atoms with Crippen molar-refractivity contribution < 1.29 is 46.7 Å². The summed E-state index contributed by atoms with van der Waals surface area (Å²) in [5.41, 5.74) is 0. The summed E-state index contributed by atoms with van der Waals surface area (Å²) in [7, 11) is 5.66. The maximum absolute atomic E-state index is 11.3. The molecule has 87 valence electrons. The molecule has 2 heterocycles. The predicted molar refractivity (Wildman–Crippen MR) is 57.4 cm³/mol. The molecular formula is C11H13BNO3Y-. The summed E-state index contributed by atoms with van der Waals surface area (Å²) in [6.45, 7) is 0.838. The minimum atomic E-state index is -0.0137. The van der Waals surface area contributed by atoms with Crippen LogP contribution in [0.2, 0.25) is 0 Å². The van der Waals surface area contributed by atoms with Crippen LogP contribution < -0.4 is 0 Å². The molecule has 1 aliphatic heterocycles. The van der Waals surface area contributed by atoms with E-state index >= 15 is 0 Å². The van der Waals surface area contributed by atoms with Gasteiger partial charge in [0.2, 0.25) is 13.9 Å². The van der Waals surface area contributed by atoms with E-state index in [0.717, 1.165) is 18.6 Å². The van der Waals surface area contributed by atoms with E-state index in [0.29, 0.717) is 19.6 Å². The first-order valence-electron chi connectivity index (χ1n) is 5.36. The number of hydrogen-bond donors (Lipinski definition) is 0. The van der Waals surface area contributed by atoms with Gasteiger partial charge in [-0.2, -0.15) is 6.07 Å². The van der Waals surface area contributed by atoms with Crippen molar-refractivity contribution in [3.63, 3.8) is 0 Å². The number of piperidine rings is 1. The summed E-state index contributed by atoms with van der Waals surface area (Å²) >= 11 is 0. The van der Waals surface area contributed by atoms with Gasteiger partial charge in [-0.1, -0.05) is 0 Å². The first kappa shape index (κ1) is 14.9. The third kappa shape index (κ3) is 4.23. The molecule has 1 fully saturated rings. The van der Waals surface area contributed by atoms with Crippen molar-refractivity contribution in [3.05, 3.63) is 24.2 Å². The van der Waals surface area contributed by atoms with Gasteiger partial charge in [0.15, 0.2) is 0 Å². The van der Waals surface area contributed by atoms with Crippen LogP contribution in [-0.2, 0) is 48.8 Å². The number of rotatable bonds is 4. The van der Waals surface area contributed by atoms with Crippen molar-refractivity contribution in [1.29, 1.82) is 0 Å². The molecule has 0 saturated carbocycles. The van der Waals surface area contributed by atoms with E-state index in [-0.39, 0.29) is 44.7 Å². The van der Waals surface area contributed by atoms with Crippen LogP contribution in [0.1, 0.15) is 25.0 Å². The minimum absolute atomic E-state index is 0. The van der Waals surface area contributed by atoms with Crippen LogP contribution in [0.15, 0.2) is 16.5 Å². The summed E-state index contributed by atoms with van der Waals surface area (Å²) in [6, 6.07) is 3.48. The monoisotopic (exact) mass is 307 g/mol. The zero-order valence-corrected chi connectivity index (χ0v) is 12.4. The molecule has 1 saturated heterocycles. The second-order valence-corrected chi connectivity index (χ2v) is 3.88. The van der Waals surface area contributed by atoms with Gasteiger partial charge in [-0.05, 0) is 24.9 Å². The fourth-order valence-corrected chi connectivity index (χ4v) is 1.77. The number of nitrogens with zero attached hydrogens (tertiary/aromatic N) is 1. The van der Waals surface area contributed by atoms with Crippen molar-refractivity contribution in [2.45, 2.75) is 31.9 Å². The van der Waals surface area contributed by atoms with Gasteiger partial charge >= 0.3 is 0 Å². The van der Waals surface area contributed by atoms with Gasteiger partial charge in [-0.25, -0.2) is 0 Å². The van der Waals surface area contributed by atoms with Crippen LogP contribution in [0, 0.1) is 6.26 Å². The molecule has 4 nitrogen and oxygen atoms in total. The Hall–Kier alpha value is -0.121. The average Bonchev–Trinajstić information content (AvgIpc) is 2.77. The summed E-state index contributed by atoms with van der Waals surface area (Å²) in [4.78, 5) is 12.6. The van der Waals surface area contributed by atoms with Gasteiger partial charge in [0, 0.05) is 51.8 Å². The summed E-state index contributed by atoms with van der Waals surface area (Å²) < 4.78 is 10.5. The molecule has 2 rings (SSSR count). The quantitative estimate of drug-likeness (QED) is 0.617. The summed E-state index contributed by atoms with van der Waals surface area (Å²) in [6.07, 6.45) is 4.91. The topological polar surface area (TPSA) is 42.7 Å². The Morgan fingerprint density at radius 3 is 3.18 bits per heavy atom. The number of amides is 1. The number of carbonyl (C=O) groups excluding carboxylic acids is 1. The largest absolute Gasteiger partial charge is 0.593 e. The van der Waals surface area contributed by atoms with E-state index in [2.05, 4.69) is 6.26 Å². The third-order valence-electron chi connectivity index (χ3n) is 2.69. The van der Waals surface area contributed by atoms with E-state index in [1.54, 1.807) is 12.1 Å².